The lowest BCUT2D eigenvalue weighted by atomic mass is 9.81. The van der Waals surface area contributed by atoms with Gasteiger partial charge in [0.05, 0.1) is 6.10 Å². The number of carbonyl (C=O) groups excluding carboxylic acids is 1. The molecule has 1 aliphatic carbocycles. The van der Waals surface area contributed by atoms with E-state index >= 15 is 0 Å². The van der Waals surface area contributed by atoms with E-state index in [-0.39, 0.29) is 19.0 Å². The minimum Gasteiger partial charge on any atom is -0.480 e. The van der Waals surface area contributed by atoms with Gasteiger partial charge in [-0.2, -0.15) is 0 Å². The van der Waals surface area contributed by atoms with Crippen molar-refractivity contribution in [1.29, 1.82) is 0 Å². The quantitative estimate of drug-likeness (QED) is 0.732. The summed E-state index contributed by atoms with van der Waals surface area (Å²) in [5, 5.41) is 21.4. The topological polar surface area (TPSA) is 89.9 Å². The highest BCUT2D eigenvalue weighted by Crippen LogP contribution is 2.30. The van der Waals surface area contributed by atoms with Gasteiger partial charge < -0.3 is 20.4 Å². The summed E-state index contributed by atoms with van der Waals surface area (Å²) in [4.78, 5) is 24.4. The zero-order valence-corrected chi connectivity index (χ0v) is 12.6. The summed E-state index contributed by atoms with van der Waals surface area (Å²) in [5.74, 6) is 0.433. The van der Waals surface area contributed by atoms with Gasteiger partial charge in [0.15, 0.2) is 0 Å². The number of hydrogen-bond donors (Lipinski definition) is 3. The summed E-state index contributed by atoms with van der Waals surface area (Å²) >= 11 is 0. The third-order valence-electron chi connectivity index (χ3n) is 4.79. The number of hydrogen-bond acceptors (Lipinski definition) is 3. The molecule has 3 N–H and O–H groups in total. The zero-order valence-electron chi connectivity index (χ0n) is 12.6. The summed E-state index contributed by atoms with van der Waals surface area (Å²) in [7, 11) is 0. The van der Waals surface area contributed by atoms with Crippen LogP contribution in [0.3, 0.4) is 0 Å². The van der Waals surface area contributed by atoms with Gasteiger partial charge in [-0.25, -0.2) is 9.59 Å². The van der Waals surface area contributed by atoms with E-state index in [4.69, 9.17) is 5.11 Å². The first-order valence-corrected chi connectivity index (χ1v) is 7.92. The van der Waals surface area contributed by atoms with E-state index in [1.807, 2.05) is 0 Å². The van der Waals surface area contributed by atoms with Crippen LogP contribution >= 0.6 is 0 Å². The van der Waals surface area contributed by atoms with Crippen LogP contribution in [-0.2, 0) is 4.79 Å². The highest BCUT2D eigenvalue weighted by Gasteiger charge is 2.38. The second kappa shape index (κ2) is 7.11. The van der Waals surface area contributed by atoms with Gasteiger partial charge in [0.1, 0.15) is 6.04 Å². The summed E-state index contributed by atoms with van der Waals surface area (Å²) in [5.41, 5.74) is 0. The molecule has 0 spiro atoms. The molecule has 0 bridgehead atoms. The fourth-order valence-corrected chi connectivity index (χ4v) is 3.37. The lowest BCUT2D eigenvalue weighted by molar-refractivity contribution is -0.141. The Morgan fingerprint density at radius 2 is 1.90 bits per heavy atom. The summed E-state index contributed by atoms with van der Waals surface area (Å²) < 4.78 is 0. The van der Waals surface area contributed by atoms with Crippen molar-refractivity contribution in [1.82, 2.24) is 10.2 Å². The molecule has 2 rings (SSSR count). The fourth-order valence-electron chi connectivity index (χ4n) is 3.37. The molecular formula is C15H26N2O4. The third kappa shape index (κ3) is 4.33. The number of nitrogens with one attached hydrogen (secondary N) is 1. The Balaban J connectivity index is 1.73. The molecule has 1 saturated heterocycles. The highest BCUT2D eigenvalue weighted by atomic mass is 16.4. The monoisotopic (exact) mass is 298 g/mol. The van der Waals surface area contributed by atoms with Gasteiger partial charge in [0.25, 0.3) is 0 Å². The van der Waals surface area contributed by atoms with Gasteiger partial charge in [-0.05, 0) is 18.3 Å². The number of likely N-dealkylation sites (tertiary alicyclic amines) is 1. The van der Waals surface area contributed by atoms with Crippen LogP contribution < -0.4 is 5.32 Å². The number of amides is 2. The number of carboxylic acids is 1. The Morgan fingerprint density at radius 1 is 1.24 bits per heavy atom. The van der Waals surface area contributed by atoms with Crippen molar-refractivity contribution in [3.63, 3.8) is 0 Å². The molecule has 6 nitrogen and oxygen atoms in total. The predicted molar refractivity (Wildman–Crippen MR) is 77.9 cm³/mol. The molecule has 2 fully saturated rings. The van der Waals surface area contributed by atoms with Crippen LogP contribution in [-0.4, -0.2) is 52.3 Å². The first-order chi connectivity index (χ1) is 9.97. The minimum atomic E-state index is -1.05. The molecule has 1 saturated carbocycles. The molecule has 1 heterocycles. The summed E-state index contributed by atoms with van der Waals surface area (Å²) in [6.45, 7) is 2.96. The molecule has 1 aliphatic heterocycles. The third-order valence-corrected chi connectivity index (χ3v) is 4.79. The number of aliphatic carboxylic acids is 1. The van der Waals surface area contributed by atoms with Gasteiger partial charge in [0, 0.05) is 19.5 Å². The first kappa shape index (κ1) is 16.1. The molecule has 2 unspecified atom stereocenters. The van der Waals surface area contributed by atoms with Gasteiger partial charge >= 0.3 is 12.0 Å². The molecule has 0 aromatic rings. The second-order valence-electron chi connectivity index (χ2n) is 6.54. The molecular weight excluding hydrogens is 272 g/mol. The molecule has 2 amide bonds. The van der Waals surface area contributed by atoms with Gasteiger partial charge in [-0.1, -0.05) is 32.6 Å². The van der Waals surface area contributed by atoms with Crippen molar-refractivity contribution < 1.29 is 19.8 Å². The van der Waals surface area contributed by atoms with E-state index in [1.54, 1.807) is 0 Å². The van der Waals surface area contributed by atoms with Crippen LogP contribution in [0.15, 0.2) is 0 Å². The lowest BCUT2D eigenvalue weighted by Gasteiger charge is -2.27. The maximum Gasteiger partial charge on any atom is 0.326 e. The lowest BCUT2D eigenvalue weighted by Crippen LogP contribution is -2.46. The standard InChI is InChI=1S/C15H26N2O4/c1-10-2-4-11(5-3-10)6-7-16-15(21)17-9-12(18)8-13(17)14(19)20/h10-13,18H,2-9H2,1H3,(H,16,21)(H,19,20). The number of aliphatic hydroxyl groups is 1. The molecule has 6 heteroatoms. The highest BCUT2D eigenvalue weighted by molar-refractivity contribution is 5.83. The molecule has 2 aliphatic rings. The van der Waals surface area contributed by atoms with Crippen LogP contribution in [0.2, 0.25) is 0 Å². The average Bonchev–Trinajstić information content (AvgIpc) is 2.83. The number of nitrogens with zero attached hydrogens (tertiary/aromatic N) is 1. The number of aliphatic hydroxyl groups excluding tert-OH is 1. The van der Waals surface area contributed by atoms with Crippen LogP contribution in [0, 0.1) is 11.8 Å². The average molecular weight is 298 g/mol. The van der Waals surface area contributed by atoms with Gasteiger partial charge in [0.2, 0.25) is 0 Å². The second-order valence-corrected chi connectivity index (χ2v) is 6.54. The van der Waals surface area contributed by atoms with E-state index in [2.05, 4.69) is 12.2 Å². The smallest absolute Gasteiger partial charge is 0.326 e. The van der Waals surface area contributed by atoms with Crippen LogP contribution in [0.25, 0.3) is 0 Å². The Morgan fingerprint density at radius 3 is 2.52 bits per heavy atom. The maximum absolute atomic E-state index is 12.0. The molecule has 21 heavy (non-hydrogen) atoms. The minimum absolute atomic E-state index is 0.101. The van der Waals surface area contributed by atoms with Gasteiger partial charge in [-0.15, -0.1) is 0 Å². The van der Waals surface area contributed by atoms with Crippen molar-refractivity contribution in [2.24, 2.45) is 11.8 Å². The summed E-state index contributed by atoms with van der Waals surface area (Å²) in [6.07, 6.45) is 5.29. The van der Waals surface area contributed by atoms with Crippen molar-refractivity contribution in [2.75, 3.05) is 13.1 Å². The fraction of sp³-hybridized carbons (Fsp3) is 0.867. The van der Waals surface area contributed by atoms with Crippen LogP contribution in [0.1, 0.15) is 45.4 Å². The zero-order chi connectivity index (χ0) is 15.4. The predicted octanol–water partition coefficient (Wildman–Crippen LogP) is 1.43. The van der Waals surface area contributed by atoms with Gasteiger partial charge in [-0.3, -0.25) is 0 Å². The van der Waals surface area contributed by atoms with Crippen molar-refractivity contribution in [3.8, 4) is 0 Å². The van der Waals surface area contributed by atoms with E-state index in [0.29, 0.717) is 12.5 Å². The Kier molecular flexibility index (Phi) is 5.45. The van der Waals surface area contributed by atoms with Crippen molar-refractivity contribution in [2.45, 2.75) is 57.6 Å². The largest absolute Gasteiger partial charge is 0.480 e. The first-order valence-electron chi connectivity index (χ1n) is 7.92. The Bertz CT molecular complexity index is 380. The molecule has 0 radical (unpaired) electrons. The molecule has 0 aromatic carbocycles. The van der Waals surface area contributed by atoms with Crippen molar-refractivity contribution >= 4 is 12.0 Å². The number of β-amino-alcohol motifs (C(OH)–C–C–N with tert-alkyl or cyclic N) is 1. The molecule has 120 valence electrons. The SMILES string of the molecule is CC1CCC(CCNC(=O)N2CC(O)CC2C(=O)O)CC1. The number of rotatable bonds is 4. The van der Waals surface area contributed by atoms with Crippen LogP contribution in [0.4, 0.5) is 4.79 Å². The Labute approximate surface area is 125 Å². The van der Waals surface area contributed by atoms with E-state index in [0.717, 1.165) is 12.3 Å². The number of carbonyl (C=O) groups is 2. The van der Waals surface area contributed by atoms with Crippen molar-refractivity contribution in [3.05, 3.63) is 0 Å². The van der Waals surface area contributed by atoms with E-state index in [1.165, 1.54) is 30.6 Å². The molecule has 2 atom stereocenters. The normalized spacial score (nSPS) is 33.0. The molecule has 0 aromatic heterocycles. The Hall–Kier alpha value is -1.30. The van der Waals surface area contributed by atoms with Crippen LogP contribution in [0.5, 0.6) is 0 Å². The summed E-state index contributed by atoms with van der Waals surface area (Å²) in [6, 6.07) is -1.28. The van der Waals surface area contributed by atoms with E-state index < -0.39 is 18.1 Å². The van der Waals surface area contributed by atoms with E-state index in [9.17, 15) is 14.7 Å². The maximum atomic E-state index is 12.0. The number of urea groups is 1. The number of carboxylic acid groups (broad SMARTS) is 1.